The van der Waals surface area contributed by atoms with Crippen molar-refractivity contribution in [2.24, 2.45) is 0 Å². The molecule has 0 bridgehead atoms. The third kappa shape index (κ3) is 2.77. The van der Waals surface area contributed by atoms with E-state index in [0.717, 1.165) is 38.8 Å². The van der Waals surface area contributed by atoms with Crippen molar-refractivity contribution in [3.8, 4) is 22.3 Å². The molecule has 2 aliphatic rings. The van der Waals surface area contributed by atoms with Crippen molar-refractivity contribution >= 4 is 17.8 Å². The highest BCUT2D eigenvalue weighted by molar-refractivity contribution is 7.79. The molecule has 1 aliphatic carbocycles. The zero-order valence-electron chi connectivity index (χ0n) is 22.2. The molecule has 4 aromatic carbocycles. The zero-order valence-corrected chi connectivity index (χ0v) is 23.1. The molecule has 1 aromatic heterocycles. The van der Waals surface area contributed by atoms with Gasteiger partial charge in [-0.1, -0.05) is 131 Å². The lowest BCUT2D eigenvalue weighted by molar-refractivity contribution is 0.420. The average molecular weight is 515 g/mol. The lowest BCUT2D eigenvalue weighted by Gasteiger charge is -2.41. The number of fused-ring (bicyclic) bond motifs is 9. The van der Waals surface area contributed by atoms with Gasteiger partial charge in [0.25, 0.3) is 0 Å². The van der Waals surface area contributed by atoms with Crippen LogP contribution in [0.1, 0.15) is 61.8 Å². The summed E-state index contributed by atoms with van der Waals surface area (Å²) in [4.78, 5) is 0. The van der Waals surface area contributed by atoms with Crippen LogP contribution in [0.15, 0.2) is 108 Å². The molecule has 2 heterocycles. The average Bonchev–Trinajstić information content (AvgIpc) is 3.49. The van der Waals surface area contributed by atoms with Gasteiger partial charge in [-0.15, -0.1) is 0 Å². The summed E-state index contributed by atoms with van der Waals surface area (Å²) in [7, 11) is -3.08. The van der Waals surface area contributed by atoms with E-state index in [0.29, 0.717) is 0 Å². The molecule has 7 rings (SSSR count). The van der Waals surface area contributed by atoms with Gasteiger partial charge < -0.3 is 8.98 Å². The van der Waals surface area contributed by atoms with Crippen LogP contribution < -0.4 is 10.6 Å². The molecule has 3 heteroatoms. The largest absolute Gasteiger partial charge is 0.463 e. The highest BCUT2D eigenvalue weighted by Crippen LogP contribution is 2.65. The first-order valence-corrected chi connectivity index (χ1v) is 15.3. The minimum Gasteiger partial charge on any atom is -0.463 e. The Kier molecular flexibility index (Phi) is 5.07. The predicted molar refractivity (Wildman–Crippen MR) is 158 cm³/mol. The van der Waals surface area contributed by atoms with Gasteiger partial charge in [0.15, 0.2) is 0 Å². The normalized spacial score (nSPS) is 18.4. The molecule has 1 spiro atoms. The second-order valence-electron chi connectivity index (χ2n) is 11.1. The molecule has 5 aromatic rings. The Morgan fingerprint density at radius 2 is 1.18 bits per heavy atom. The summed E-state index contributed by atoms with van der Waals surface area (Å²) >= 11 is 0. The molecule has 0 saturated carbocycles. The van der Waals surface area contributed by atoms with Crippen molar-refractivity contribution in [1.82, 2.24) is 0 Å². The molecule has 2 nitrogen and oxygen atoms in total. The van der Waals surface area contributed by atoms with Crippen LogP contribution in [0, 0.1) is 0 Å². The fourth-order valence-corrected chi connectivity index (χ4v) is 10.2. The highest BCUT2D eigenvalue weighted by Gasteiger charge is 2.59. The van der Waals surface area contributed by atoms with E-state index in [1.165, 1.54) is 22.3 Å². The third-order valence-electron chi connectivity index (χ3n) is 8.52. The van der Waals surface area contributed by atoms with E-state index >= 15 is 4.57 Å². The predicted octanol–water partition coefficient (Wildman–Crippen LogP) is 8.47. The molecule has 0 amide bonds. The first-order chi connectivity index (χ1) is 18.4. The van der Waals surface area contributed by atoms with Gasteiger partial charge in [-0.05, 0) is 33.4 Å². The molecule has 0 saturated heterocycles. The van der Waals surface area contributed by atoms with Gasteiger partial charge in [-0.2, -0.15) is 0 Å². The minimum atomic E-state index is -3.08. The maximum absolute atomic E-state index is 15.7. The Morgan fingerprint density at radius 3 is 1.76 bits per heavy atom. The standard InChI is InChI=1S/C35H31O2P/c1-22(2)32-31(24-14-6-5-7-15-24)33-34(37-32)35(29-20-12-13-21-30(29)38(33,36)23(3)4)27-18-10-8-16-25(27)26-17-9-11-19-28(26)35/h5-23H,1-4H3. The van der Waals surface area contributed by atoms with Crippen molar-refractivity contribution in [1.29, 1.82) is 0 Å². The van der Waals surface area contributed by atoms with Crippen LogP contribution >= 0.6 is 7.14 Å². The van der Waals surface area contributed by atoms with Gasteiger partial charge in [0.2, 0.25) is 0 Å². The summed E-state index contributed by atoms with van der Waals surface area (Å²) in [5.74, 6) is 1.88. The van der Waals surface area contributed by atoms with Crippen LogP contribution in [0.3, 0.4) is 0 Å². The Bertz CT molecular complexity index is 1710. The maximum Gasteiger partial charge on any atom is 0.150 e. The van der Waals surface area contributed by atoms with Crippen LogP contribution in [-0.2, 0) is 9.98 Å². The first-order valence-electron chi connectivity index (χ1n) is 13.5. The lowest BCUT2D eigenvalue weighted by Crippen LogP contribution is -2.44. The molecule has 1 atom stereocenters. The van der Waals surface area contributed by atoms with Crippen molar-refractivity contribution in [3.63, 3.8) is 0 Å². The number of benzene rings is 4. The quantitative estimate of drug-likeness (QED) is 0.222. The molecule has 0 radical (unpaired) electrons. The van der Waals surface area contributed by atoms with Crippen LogP contribution in [0.4, 0.5) is 0 Å². The highest BCUT2D eigenvalue weighted by atomic mass is 31.2. The van der Waals surface area contributed by atoms with E-state index in [1.54, 1.807) is 0 Å². The van der Waals surface area contributed by atoms with Crippen LogP contribution in [0.5, 0.6) is 0 Å². The zero-order chi connectivity index (χ0) is 26.2. The molecule has 1 unspecified atom stereocenters. The van der Waals surface area contributed by atoms with Crippen molar-refractivity contribution < 1.29 is 8.98 Å². The van der Waals surface area contributed by atoms with Crippen LogP contribution in [0.25, 0.3) is 22.3 Å². The molecular formula is C35H31O2P. The topological polar surface area (TPSA) is 30.2 Å². The SMILES string of the molecule is CC(C)c1oc2c(c1-c1ccccc1)P(=O)(C(C)C)c1ccccc1C21c2ccccc2-c2ccccc21. The van der Waals surface area contributed by atoms with E-state index in [-0.39, 0.29) is 11.6 Å². The van der Waals surface area contributed by atoms with Crippen LogP contribution in [0.2, 0.25) is 0 Å². The van der Waals surface area contributed by atoms with E-state index in [1.807, 2.05) is 12.1 Å². The van der Waals surface area contributed by atoms with Gasteiger partial charge >= 0.3 is 0 Å². The number of hydrogen-bond donors (Lipinski definition) is 0. The van der Waals surface area contributed by atoms with Gasteiger partial charge in [-0.25, -0.2) is 0 Å². The minimum absolute atomic E-state index is 0.0771. The Hall–Kier alpha value is -3.61. The van der Waals surface area contributed by atoms with Crippen molar-refractivity contribution in [3.05, 3.63) is 131 Å². The lowest BCUT2D eigenvalue weighted by atomic mass is 9.70. The molecule has 188 valence electrons. The summed E-state index contributed by atoms with van der Waals surface area (Å²) in [6.45, 7) is 8.56. The monoisotopic (exact) mass is 514 g/mol. The summed E-state index contributed by atoms with van der Waals surface area (Å²) in [6, 6.07) is 36.2. The molecule has 0 N–H and O–H groups in total. The molecule has 38 heavy (non-hydrogen) atoms. The summed E-state index contributed by atoms with van der Waals surface area (Å²) < 4.78 is 22.8. The Balaban J connectivity index is 1.76. The number of furan rings is 1. The van der Waals surface area contributed by atoms with Gasteiger partial charge in [0.1, 0.15) is 24.1 Å². The molecule has 1 aliphatic heterocycles. The van der Waals surface area contributed by atoms with E-state index in [2.05, 4.69) is 119 Å². The summed E-state index contributed by atoms with van der Waals surface area (Å²) in [5.41, 5.74) is 7.26. The van der Waals surface area contributed by atoms with Crippen molar-refractivity contribution in [2.75, 3.05) is 0 Å². The summed E-state index contributed by atoms with van der Waals surface area (Å²) in [5, 5.41) is 1.87. The molecule has 0 fully saturated rings. The fraction of sp³-hybridized carbons (Fsp3) is 0.200. The van der Waals surface area contributed by atoms with Crippen LogP contribution in [-0.4, -0.2) is 5.66 Å². The van der Waals surface area contributed by atoms with Gasteiger partial charge in [-0.3, -0.25) is 0 Å². The number of rotatable bonds is 3. The fourth-order valence-electron chi connectivity index (χ4n) is 6.93. The second-order valence-corrected chi connectivity index (χ2v) is 14.4. The van der Waals surface area contributed by atoms with Gasteiger partial charge in [0, 0.05) is 22.4 Å². The Morgan fingerprint density at radius 1 is 0.658 bits per heavy atom. The maximum atomic E-state index is 15.7. The second kappa shape index (κ2) is 8.19. The molecular weight excluding hydrogens is 483 g/mol. The van der Waals surface area contributed by atoms with E-state index in [9.17, 15) is 0 Å². The first kappa shape index (κ1) is 23.5. The van der Waals surface area contributed by atoms with E-state index < -0.39 is 12.6 Å². The van der Waals surface area contributed by atoms with Gasteiger partial charge in [0.05, 0.1) is 5.30 Å². The summed E-state index contributed by atoms with van der Waals surface area (Å²) in [6.07, 6.45) is 0. The third-order valence-corrected chi connectivity index (χ3v) is 12.2. The smallest absolute Gasteiger partial charge is 0.150 e. The Labute approximate surface area is 224 Å². The van der Waals surface area contributed by atoms with Crippen molar-refractivity contribution in [2.45, 2.75) is 44.7 Å². The van der Waals surface area contributed by atoms with E-state index in [4.69, 9.17) is 4.42 Å². The number of hydrogen-bond acceptors (Lipinski definition) is 2.